The normalized spacial score (nSPS) is 25.8. The second-order valence-corrected chi connectivity index (χ2v) is 5.97. The van der Waals surface area contributed by atoms with Gasteiger partial charge in [0.15, 0.2) is 0 Å². The lowest BCUT2D eigenvalue weighted by Crippen LogP contribution is -2.44. The van der Waals surface area contributed by atoms with Crippen molar-refractivity contribution >= 4 is 5.78 Å². The summed E-state index contributed by atoms with van der Waals surface area (Å²) in [7, 11) is 0. The van der Waals surface area contributed by atoms with E-state index in [0.717, 1.165) is 18.5 Å². The zero-order valence-corrected chi connectivity index (χ0v) is 14.3. The Kier molecular flexibility index (Phi) is 8.78. The molecule has 0 aromatic heterocycles. The van der Waals surface area contributed by atoms with Crippen molar-refractivity contribution in [2.24, 2.45) is 5.92 Å². The third-order valence-corrected chi connectivity index (χ3v) is 3.62. The molecule has 124 valence electrons. The summed E-state index contributed by atoms with van der Waals surface area (Å²) >= 11 is 0. The molecule has 0 spiro atoms. The molecule has 22 heavy (non-hydrogen) atoms. The third kappa shape index (κ3) is 7.57. The molecule has 3 atom stereocenters. The largest absolute Gasteiger partial charge is 0.373 e. The topological polar surface area (TPSA) is 50.4 Å². The monoisotopic (exact) mass is 306 g/mol. The van der Waals surface area contributed by atoms with Crippen LogP contribution in [-0.4, -0.2) is 31.1 Å². The summed E-state index contributed by atoms with van der Waals surface area (Å²) in [6.45, 7) is 8.86. The summed E-state index contributed by atoms with van der Waals surface area (Å²) in [6, 6.07) is 0.0930. The molecule has 1 aliphatic heterocycles. The van der Waals surface area contributed by atoms with Gasteiger partial charge in [-0.2, -0.15) is 0 Å². The van der Waals surface area contributed by atoms with E-state index in [1.807, 2.05) is 18.4 Å². The number of carbonyl (C=O) groups is 1. The van der Waals surface area contributed by atoms with Crippen LogP contribution in [0.2, 0.25) is 0 Å². The van der Waals surface area contributed by atoms with Crippen molar-refractivity contribution in [1.82, 2.24) is 10.6 Å². The van der Waals surface area contributed by atoms with Gasteiger partial charge in [-0.15, -0.1) is 0 Å². The molecular formula is C18H30N2O2. The van der Waals surface area contributed by atoms with Crippen molar-refractivity contribution in [1.29, 1.82) is 0 Å². The lowest BCUT2D eigenvalue weighted by molar-refractivity contribution is -0.120. The summed E-state index contributed by atoms with van der Waals surface area (Å²) in [5, 5.41) is 6.56. The second kappa shape index (κ2) is 10.4. The number of ether oxygens (including phenoxy) is 1. The molecule has 4 heteroatoms. The molecular weight excluding hydrogens is 276 g/mol. The van der Waals surface area contributed by atoms with Gasteiger partial charge in [-0.25, -0.2) is 0 Å². The maximum Gasteiger partial charge on any atom is 0.149 e. The molecule has 0 bridgehead atoms. The highest BCUT2D eigenvalue weighted by molar-refractivity contribution is 5.81. The molecule has 0 fully saturated rings. The Morgan fingerprint density at radius 1 is 1.45 bits per heavy atom. The van der Waals surface area contributed by atoms with Crippen LogP contribution < -0.4 is 10.6 Å². The summed E-state index contributed by atoms with van der Waals surface area (Å²) in [6.07, 6.45) is 12.4. The Balaban J connectivity index is 2.42. The van der Waals surface area contributed by atoms with E-state index in [2.05, 4.69) is 43.6 Å². The van der Waals surface area contributed by atoms with Crippen LogP contribution in [0.4, 0.5) is 0 Å². The second-order valence-electron chi connectivity index (χ2n) is 5.97. The van der Waals surface area contributed by atoms with Gasteiger partial charge in [-0.1, -0.05) is 38.5 Å². The summed E-state index contributed by atoms with van der Waals surface area (Å²) in [4.78, 5) is 11.7. The number of allylic oxidation sites excluding steroid dienone is 4. The van der Waals surface area contributed by atoms with Crippen molar-refractivity contribution in [2.45, 2.75) is 52.6 Å². The molecule has 1 rings (SSSR count). The van der Waals surface area contributed by atoms with Crippen LogP contribution in [0.3, 0.4) is 0 Å². The van der Waals surface area contributed by atoms with Crippen LogP contribution in [0.1, 0.15) is 40.5 Å². The molecule has 3 unspecified atom stereocenters. The average Bonchev–Trinajstić information content (AvgIpc) is 2.43. The maximum atomic E-state index is 11.7. The van der Waals surface area contributed by atoms with Crippen LogP contribution in [0, 0.1) is 5.92 Å². The van der Waals surface area contributed by atoms with Gasteiger partial charge < -0.3 is 15.4 Å². The van der Waals surface area contributed by atoms with Gasteiger partial charge >= 0.3 is 0 Å². The smallest absolute Gasteiger partial charge is 0.149 e. The molecule has 1 aliphatic rings. The third-order valence-electron chi connectivity index (χ3n) is 3.62. The lowest BCUT2D eigenvalue weighted by Gasteiger charge is -2.21. The lowest BCUT2D eigenvalue weighted by atomic mass is 10.1. The Morgan fingerprint density at radius 2 is 2.23 bits per heavy atom. The molecule has 1 heterocycles. The molecule has 0 radical (unpaired) electrons. The maximum absolute atomic E-state index is 11.7. The van der Waals surface area contributed by atoms with Gasteiger partial charge in [0.2, 0.25) is 0 Å². The molecule has 2 N–H and O–H groups in total. The van der Waals surface area contributed by atoms with Gasteiger partial charge in [0.05, 0.1) is 19.3 Å². The van der Waals surface area contributed by atoms with Crippen LogP contribution in [0.5, 0.6) is 0 Å². The van der Waals surface area contributed by atoms with Gasteiger partial charge in [-0.3, -0.25) is 4.79 Å². The van der Waals surface area contributed by atoms with Crippen LogP contribution >= 0.6 is 0 Å². The van der Waals surface area contributed by atoms with Crippen molar-refractivity contribution in [3.05, 3.63) is 36.2 Å². The highest BCUT2D eigenvalue weighted by Gasteiger charge is 2.16. The zero-order valence-electron chi connectivity index (χ0n) is 14.3. The van der Waals surface area contributed by atoms with Gasteiger partial charge in [0.25, 0.3) is 0 Å². The minimum Gasteiger partial charge on any atom is -0.373 e. The highest BCUT2D eigenvalue weighted by Crippen LogP contribution is 2.05. The fourth-order valence-electron chi connectivity index (χ4n) is 2.29. The van der Waals surface area contributed by atoms with E-state index in [4.69, 9.17) is 4.74 Å². The number of nitrogens with one attached hydrogen (secondary N) is 2. The fourth-order valence-corrected chi connectivity index (χ4v) is 2.29. The van der Waals surface area contributed by atoms with E-state index in [9.17, 15) is 4.79 Å². The van der Waals surface area contributed by atoms with Crippen LogP contribution in [0.15, 0.2) is 36.2 Å². The SMILES string of the molecule is CCCC(C)NC(COC/C1=C/C=C\C(C)/C=C/N1)C(C)=O. The van der Waals surface area contributed by atoms with E-state index in [1.54, 1.807) is 6.92 Å². The Labute approximate surface area is 134 Å². The highest BCUT2D eigenvalue weighted by atomic mass is 16.5. The number of Topliss-reactive ketones (excluding diaryl/α,β-unsaturated/α-hetero) is 1. The molecule has 0 aromatic carbocycles. The van der Waals surface area contributed by atoms with E-state index in [-0.39, 0.29) is 11.8 Å². The van der Waals surface area contributed by atoms with Crippen molar-refractivity contribution < 1.29 is 9.53 Å². The summed E-state index contributed by atoms with van der Waals surface area (Å²) in [5.41, 5.74) is 0.989. The molecule has 0 saturated carbocycles. The standard InChI is InChI=1S/C18H30N2O2/c1-5-7-15(3)20-18(16(4)21)13-22-12-17-9-6-8-14(2)10-11-19-17/h6,8-11,14-15,18-20H,5,7,12-13H2,1-4H3/b8-6-,11-10+,17-9-. The Morgan fingerprint density at radius 3 is 2.91 bits per heavy atom. The number of hydrogen-bond acceptors (Lipinski definition) is 4. The predicted molar refractivity (Wildman–Crippen MR) is 91.5 cm³/mol. The van der Waals surface area contributed by atoms with E-state index in [1.165, 1.54) is 0 Å². The molecule has 4 nitrogen and oxygen atoms in total. The van der Waals surface area contributed by atoms with E-state index in [0.29, 0.717) is 25.2 Å². The summed E-state index contributed by atoms with van der Waals surface area (Å²) < 4.78 is 5.72. The summed E-state index contributed by atoms with van der Waals surface area (Å²) in [5.74, 6) is 0.550. The van der Waals surface area contributed by atoms with Crippen molar-refractivity contribution in [3.63, 3.8) is 0 Å². The predicted octanol–water partition coefficient (Wildman–Crippen LogP) is 2.93. The molecule has 0 aromatic rings. The van der Waals surface area contributed by atoms with E-state index >= 15 is 0 Å². The van der Waals surface area contributed by atoms with E-state index < -0.39 is 0 Å². The quantitative estimate of drug-likeness (QED) is 0.688. The van der Waals surface area contributed by atoms with Gasteiger partial charge in [-0.05, 0) is 38.5 Å². The molecule has 0 aliphatic carbocycles. The minimum absolute atomic E-state index is 0.121. The first-order chi connectivity index (χ1) is 10.5. The van der Waals surface area contributed by atoms with Crippen molar-refractivity contribution in [3.8, 4) is 0 Å². The molecule has 0 saturated heterocycles. The fraction of sp³-hybridized carbons (Fsp3) is 0.611. The van der Waals surface area contributed by atoms with Gasteiger partial charge in [0, 0.05) is 11.7 Å². The number of rotatable bonds is 9. The minimum atomic E-state index is -0.234. The van der Waals surface area contributed by atoms with Gasteiger partial charge in [0.1, 0.15) is 5.78 Å². The Hall–Kier alpha value is -1.39. The van der Waals surface area contributed by atoms with Crippen molar-refractivity contribution in [2.75, 3.05) is 13.2 Å². The first-order valence-corrected chi connectivity index (χ1v) is 8.17. The van der Waals surface area contributed by atoms with Crippen LogP contribution in [0.25, 0.3) is 0 Å². The number of hydrogen-bond donors (Lipinski definition) is 2. The Bertz CT molecular complexity index is 427. The zero-order chi connectivity index (χ0) is 16.4. The van der Waals surface area contributed by atoms with Crippen LogP contribution in [-0.2, 0) is 9.53 Å². The first kappa shape index (κ1) is 18.7. The average molecular weight is 306 g/mol. The number of ketones is 1. The molecule has 0 amide bonds. The number of carbonyl (C=O) groups excluding carboxylic acids is 1. The first-order valence-electron chi connectivity index (χ1n) is 8.17.